The number of aliphatic carboxylic acids is 2. The standard InChI is InChI=1S/C21H26N6O2S.C2HF3O2/c1-13-7-18(26-21-23-10-17(9-22)30-21)25-20(24-13)27-11-15(8-16(12-27)19(28)29)14-5-3-2-4-6-14;3-2(4,5)1(6)7/h7,10,14-16H,2-6,8,11-12H2,1H3,(H,28,29)(H,23,24,25,26);(H,6,7)/t15-,16+;/m0./s1. The number of alkyl halides is 3. The second-order valence-electron chi connectivity index (χ2n) is 9.10. The van der Waals surface area contributed by atoms with Crippen LogP contribution in [0.3, 0.4) is 0 Å². The molecule has 4 rings (SSSR count). The first-order valence-electron chi connectivity index (χ1n) is 11.7. The van der Waals surface area contributed by atoms with Crippen molar-refractivity contribution in [2.75, 3.05) is 23.3 Å². The molecule has 200 valence electrons. The van der Waals surface area contributed by atoms with E-state index < -0.39 is 24.0 Å². The molecular formula is C23H27F3N6O4S. The molecule has 2 aromatic heterocycles. The van der Waals surface area contributed by atoms with Crippen molar-refractivity contribution >= 4 is 40.2 Å². The Balaban J connectivity index is 0.000000479. The number of anilines is 3. The van der Waals surface area contributed by atoms with Crippen LogP contribution in [0.4, 0.5) is 30.1 Å². The molecule has 2 atom stereocenters. The highest BCUT2D eigenvalue weighted by atomic mass is 32.1. The van der Waals surface area contributed by atoms with Crippen LogP contribution in [0.15, 0.2) is 12.3 Å². The van der Waals surface area contributed by atoms with E-state index in [1.165, 1.54) is 49.6 Å². The second kappa shape index (κ2) is 12.2. The van der Waals surface area contributed by atoms with Crippen LogP contribution < -0.4 is 10.2 Å². The maximum absolute atomic E-state index is 11.9. The topological polar surface area (TPSA) is 152 Å². The predicted octanol–water partition coefficient (Wildman–Crippen LogP) is 4.60. The van der Waals surface area contributed by atoms with Gasteiger partial charge in [-0.1, -0.05) is 43.4 Å². The molecule has 0 amide bonds. The molecule has 0 unspecified atom stereocenters. The largest absolute Gasteiger partial charge is 0.490 e. The number of thiazole rings is 1. The first-order chi connectivity index (χ1) is 17.5. The first-order valence-corrected chi connectivity index (χ1v) is 12.5. The number of rotatable bonds is 5. The number of nitriles is 1. The van der Waals surface area contributed by atoms with Gasteiger partial charge in [0.1, 0.15) is 16.8 Å². The number of hydrogen-bond acceptors (Lipinski definition) is 9. The molecule has 0 bridgehead atoms. The third-order valence-corrected chi connectivity index (χ3v) is 7.18. The summed E-state index contributed by atoms with van der Waals surface area (Å²) < 4.78 is 31.7. The van der Waals surface area contributed by atoms with Crippen LogP contribution in [0.5, 0.6) is 0 Å². The number of aryl methyl sites for hydroxylation is 1. The van der Waals surface area contributed by atoms with E-state index >= 15 is 0 Å². The summed E-state index contributed by atoms with van der Waals surface area (Å²) in [6.07, 6.45) is 3.34. The summed E-state index contributed by atoms with van der Waals surface area (Å²) in [5, 5.41) is 29.6. The number of aromatic nitrogens is 3. The summed E-state index contributed by atoms with van der Waals surface area (Å²) in [6.45, 7) is 3.13. The van der Waals surface area contributed by atoms with Crippen LogP contribution in [-0.2, 0) is 9.59 Å². The minimum absolute atomic E-state index is 0.359. The first kappa shape index (κ1) is 28.1. The lowest BCUT2D eigenvalue weighted by molar-refractivity contribution is -0.192. The van der Waals surface area contributed by atoms with E-state index in [0.717, 1.165) is 18.7 Å². The van der Waals surface area contributed by atoms with Gasteiger partial charge in [-0.05, 0) is 25.2 Å². The molecule has 2 fully saturated rings. The van der Waals surface area contributed by atoms with E-state index in [0.29, 0.717) is 40.2 Å². The fourth-order valence-corrected chi connectivity index (χ4v) is 5.30. The molecule has 0 spiro atoms. The van der Waals surface area contributed by atoms with E-state index in [9.17, 15) is 23.1 Å². The SMILES string of the molecule is Cc1cc(Nc2ncc(C#N)s2)nc(N2C[C@H](C(=O)O)C[C@H](C3CCCCC3)C2)n1.O=C(O)C(F)(F)F. The number of piperidine rings is 1. The molecule has 3 heterocycles. The second-order valence-corrected chi connectivity index (χ2v) is 10.1. The van der Waals surface area contributed by atoms with Gasteiger partial charge >= 0.3 is 18.1 Å². The summed E-state index contributed by atoms with van der Waals surface area (Å²) in [4.78, 5) is 36.8. The normalized spacial score (nSPS) is 20.4. The van der Waals surface area contributed by atoms with Gasteiger partial charge < -0.3 is 20.4 Å². The van der Waals surface area contributed by atoms with Gasteiger partial charge in [-0.3, -0.25) is 4.79 Å². The molecule has 0 radical (unpaired) electrons. The highest BCUT2D eigenvalue weighted by Crippen LogP contribution is 2.37. The number of nitrogens with zero attached hydrogens (tertiary/aromatic N) is 5. The van der Waals surface area contributed by atoms with Gasteiger partial charge in [0.2, 0.25) is 5.95 Å². The van der Waals surface area contributed by atoms with E-state index in [1.54, 1.807) is 0 Å². The zero-order valence-electron chi connectivity index (χ0n) is 20.0. The van der Waals surface area contributed by atoms with Gasteiger partial charge in [-0.25, -0.2) is 14.8 Å². The Hall–Kier alpha value is -3.47. The van der Waals surface area contributed by atoms with Crippen molar-refractivity contribution in [1.82, 2.24) is 15.0 Å². The van der Waals surface area contributed by atoms with E-state index in [1.807, 2.05) is 17.9 Å². The number of carboxylic acids is 2. The van der Waals surface area contributed by atoms with Gasteiger partial charge in [0.05, 0.1) is 12.1 Å². The van der Waals surface area contributed by atoms with Crippen LogP contribution in [0.25, 0.3) is 0 Å². The zero-order chi connectivity index (χ0) is 27.2. The third-order valence-electron chi connectivity index (χ3n) is 6.37. The zero-order valence-corrected chi connectivity index (χ0v) is 20.8. The highest BCUT2D eigenvalue weighted by molar-refractivity contribution is 7.16. The van der Waals surface area contributed by atoms with Gasteiger partial charge in [-0.15, -0.1) is 0 Å². The minimum atomic E-state index is -5.08. The van der Waals surface area contributed by atoms with Gasteiger partial charge in [0.15, 0.2) is 5.13 Å². The van der Waals surface area contributed by atoms with Gasteiger partial charge in [-0.2, -0.15) is 23.4 Å². The summed E-state index contributed by atoms with van der Waals surface area (Å²) in [5.74, 6) is -1.79. The molecule has 1 aliphatic heterocycles. The highest BCUT2D eigenvalue weighted by Gasteiger charge is 2.38. The number of nitrogens with one attached hydrogen (secondary N) is 1. The summed E-state index contributed by atoms with van der Waals surface area (Å²) in [5.41, 5.74) is 0.797. The number of hydrogen-bond donors (Lipinski definition) is 3. The Morgan fingerprint density at radius 3 is 2.41 bits per heavy atom. The Labute approximate surface area is 215 Å². The Morgan fingerprint density at radius 1 is 1.16 bits per heavy atom. The summed E-state index contributed by atoms with van der Waals surface area (Å²) >= 11 is 1.26. The van der Waals surface area contributed by atoms with Crippen molar-refractivity contribution < 1.29 is 33.0 Å². The molecule has 1 saturated carbocycles. The molecule has 2 aromatic rings. The molecule has 1 saturated heterocycles. The van der Waals surface area contributed by atoms with Crippen LogP contribution in [0.2, 0.25) is 0 Å². The van der Waals surface area contributed by atoms with Crippen molar-refractivity contribution in [3.8, 4) is 6.07 Å². The lowest BCUT2D eigenvalue weighted by Crippen LogP contribution is -2.46. The predicted molar refractivity (Wildman–Crippen MR) is 129 cm³/mol. The number of halogens is 3. The molecule has 14 heteroatoms. The average Bonchev–Trinajstić information content (AvgIpc) is 3.31. The molecule has 2 aliphatic rings. The molecule has 0 aromatic carbocycles. The van der Waals surface area contributed by atoms with Crippen LogP contribution in [0, 0.1) is 36.0 Å². The lowest BCUT2D eigenvalue weighted by Gasteiger charge is -2.41. The monoisotopic (exact) mass is 540 g/mol. The number of carboxylic acid groups (broad SMARTS) is 2. The van der Waals surface area contributed by atoms with Crippen molar-refractivity contribution in [2.24, 2.45) is 17.8 Å². The van der Waals surface area contributed by atoms with Crippen LogP contribution >= 0.6 is 11.3 Å². The summed E-state index contributed by atoms with van der Waals surface area (Å²) in [7, 11) is 0. The molecule has 3 N–H and O–H groups in total. The van der Waals surface area contributed by atoms with Crippen molar-refractivity contribution in [3.63, 3.8) is 0 Å². The van der Waals surface area contributed by atoms with Crippen LogP contribution in [-0.4, -0.2) is 56.4 Å². The molecule has 1 aliphatic carbocycles. The number of carbonyl (C=O) groups is 2. The minimum Gasteiger partial charge on any atom is -0.481 e. The molecule has 37 heavy (non-hydrogen) atoms. The quantitative estimate of drug-likeness (QED) is 0.491. The Morgan fingerprint density at radius 2 is 1.84 bits per heavy atom. The third kappa shape index (κ3) is 8.01. The van der Waals surface area contributed by atoms with Crippen LogP contribution in [0.1, 0.15) is 49.1 Å². The summed E-state index contributed by atoms with van der Waals surface area (Å²) in [6, 6.07) is 3.91. The van der Waals surface area contributed by atoms with Crippen molar-refractivity contribution in [1.29, 1.82) is 5.26 Å². The Bertz CT molecular complexity index is 1150. The molecule has 10 nitrogen and oxygen atoms in total. The van der Waals surface area contributed by atoms with Gasteiger partial charge in [0.25, 0.3) is 0 Å². The van der Waals surface area contributed by atoms with Gasteiger partial charge in [0, 0.05) is 24.8 Å². The molecular weight excluding hydrogens is 513 g/mol. The maximum Gasteiger partial charge on any atom is 0.490 e. The van der Waals surface area contributed by atoms with Crippen molar-refractivity contribution in [2.45, 2.75) is 51.6 Å². The van der Waals surface area contributed by atoms with Crippen molar-refractivity contribution in [3.05, 3.63) is 22.8 Å². The lowest BCUT2D eigenvalue weighted by atomic mass is 9.74. The average molecular weight is 541 g/mol. The Kier molecular flexibility index (Phi) is 9.25. The maximum atomic E-state index is 11.9. The van der Waals surface area contributed by atoms with E-state index in [2.05, 4.69) is 26.3 Å². The smallest absolute Gasteiger partial charge is 0.481 e. The van der Waals surface area contributed by atoms with E-state index in [-0.39, 0.29) is 0 Å². The fraction of sp³-hybridized carbons (Fsp3) is 0.565. The van der Waals surface area contributed by atoms with E-state index in [4.69, 9.17) is 15.2 Å². The fourth-order valence-electron chi connectivity index (χ4n) is 4.68.